The molecule has 0 bridgehead atoms. The first-order valence-electron chi connectivity index (χ1n) is 8.38. The number of hydrogen-bond acceptors (Lipinski definition) is 6. The number of aryl methyl sites for hydroxylation is 1. The first-order chi connectivity index (χ1) is 12.7. The molecule has 1 unspecified atom stereocenters. The molecular weight excluding hydrogens is 328 g/mol. The number of benzene rings is 2. The average Bonchev–Trinajstić information content (AvgIpc) is 2.66. The SMILES string of the molecule is COC(=O)CC(CCc1cccc(C=NN)c1)c1cccc(C=NN)c1. The van der Waals surface area contributed by atoms with E-state index in [0.717, 1.165) is 35.1 Å². The van der Waals surface area contributed by atoms with Crippen molar-refractivity contribution in [2.45, 2.75) is 25.2 Å². The van der Waals surface area contributed by atoms with Gasteiger partial charge in [0.05, 0.1) is 26.0 Å². The van der Waals surface area contributed by atoms with E-state index in [1.807, 2.05) is 42.5 Å². The minimum atomic E-state index is -0.225. The number of carbonyl (C=O) groups excluding carboxylic acids is 1. The van der Waals surface area contributed by atoms with Gasteiger partial charge in [0.15, 0.2) is 0 Å². The Morgan fingerprint density at radius 1 is 1.08 bits per heavy atom. The molecule has 1 atom stereocenters. The Balaban J connectivity index is 2.18. The van der Waals surface area contributed by atoms with Crippen molar-refractivity contribution < 1.29 is 9.53 Å². The highest BCUT2D eigenvalue weighted by Gasteiger charge is 2.17. The highest BCUT2D eigenvalue weighted by molar-refractivity contribution is 5.80. The molecule has 0 aliphatic heterocycles. The lowest BCUT2D eigenvalue weighted by molar-refractivity contribution is -0.141. The van der Waals surface area contributed by atoms with E-state index in [1.54, 1.807) is 12.4 Å². The fourth-order valence-corrected chi connectivity index (χ4v) is 2.91. The minimum absolute atomic E-state index is 0.0420. The van der Waals surface area contributed by atoms with Gasteiger partial charge in [-0.1, -0.05) is 42.5 Å². The Kier molecular flexibility index (Phi) is 7.36. The summed E-state index contributed by atoms with van der Waals surface area (Å²) in [5, 5.41) is 7.12. The fraction of sp³-hybridized carbons (Fsp3) is 0.250. The standard InChI is InChI=1S/C20H24N4O2/c1-26-20(25)12-19(18-7-3-6-17(11-18)14-24-22)9-8-15-4-2-5-16(10-15)13-23-21/h2-7,10-11,13-14,19H,8-9,12,21-22H2,1H3. The zero-order valence-corrected chi connectivity index (χ0v) is 14.8. The van der Waals surface area contributed by atoms with E-state index in [9.17, 15) is 4.79 Å². The topological polar surface area (TPSA) is 103 Å². The summed E-state index contributed by atoms with van der Waals surface area (Å²) >= 11 is 0. The van der Waals surface area contributed by atoms with Gasteiger partial charge < -0.3 is 16.4 Å². The van der Waals surface area contributed by atoms with Crippen LogP contribution in [0.15, 0.2) is 58.7 Å². The van der Waals surface area contributed by atoms with Crippen molar-refractivity contribution in [3.63, 3.8) is 0 Å². The van der Waals surface area contributed by atoms with E-state index < -0.39 is 0 Å². The monoisotopic (exact) mass is 352 g/mol. The van der Waals surface area contributed by atoms with Crippen LogP contribution in [-0.4, -0.2) is 25.5 Å². The third-order valence-electron chi connectivity index (χ3n) is 4.20. The lowest BCUT2D eigenvalue weighted by Crippen LogP contribution is -2.10. The van der Waals surface area contributed by atoms with Gasteiger partial charge in [-0.15, -0.1) is 0 Å². The maximum Gasteiger partial charge on any atom is 0.306 e. The van der Waals surface area contributed by atoms with Crippen LogP contribution in [0.3, 0.4) is 0 Å². The van der Waals surface area contributed by atoms with Crippen LogP contribution in [0.4, 0.5) is 0 Å². The second-order valence-electron chi connectivity index (χ2n) is 5.99. The van der Waals surface area contributed by atoms with Crippen LogP contribution in [-0.2, 0) is 16.0 Å². The zero-order chi connectivity index (χ0) is 18.8. The van der Waals surface area contributed by atoms with Crippen LogP contribution < -0.4 is 11.7 Å². The van der Waals surface area contributed by atoms with Gasteiger partial charge in [-0.2, -0.15) is 10.2 Å². The van der Waals surface area contributed by atoms with Crippen molar-refractivity contribution in [3.8, 4) is 0 Å². The van der Waals surface area contributed by atoms with E-state index >= 15 is 0 Å². The van der Waals surface area contributed by atoms with Crippen molar-refractivity contribution in [1.82, 2.24) is 0 Å². The van der Waals surface area contributed by atoms with Crippen LogP contribution in [0, 0.1) is 0 Å². The van der Waals surface area contributed by atoms with Crippen molar-refractivity contribution in [2.24, 2.45) is 21.9 Å². The summed E-state index contributed by atoms with van der Waals surface area (Å²) < 4.78 is 4.87. The molecule has 0 aromatic heterocycles. The number of ether oxygens (including phenoxy) is 1. The second kappa shape index (κ2) is 9.98. The molecule has 4 N–H and O–H groups in total. The van der Waals surface area contributed by atoms with Crippen molar-refractivity contribution in [3.05, 3.63) is 70.8 Å². The Bertz CT molecular complexity index is 787. The average molecular weight is 352 g/mol. The Morgan fingerprint density at radius 2 is 1.73 bits per heavy atom. The molecular formula is C20H24N4O2. The number of esters is 1. The number of nitrogens with two attached hydrogens (primary N) is 2. The molecule has 6 nitrogen and oxygen atoms in total. The van der Waals surface area contributed by atoms with Crippen LogP contribution in [0.1, 0.15) is 41.0 Å². The quantitative estimate of drug-likeness (QED) is 0.330. The number of methoxy groups -OCH3 is 1. The molecule has 0 amide bonds. The summed E-state index contributed by atoms with van der Waals surface area (Å²) in [5.41, 5.74) is 4.08. The van der Waals surface area contributed by atoms with Gasteiger partial charge in [-0.25, -0.2) is 0 Å². The summed E-state index contributed by atoms with van der Waals surface area (Å²) in [4.78, 5) is 11.9. The first-order valence-corrected chi connectivity index (χ1v) is 8.38. The molecule has 0 saturated heterocycles. The number of carbonyl (C=O) groups is 1. The summed E-state index contributed by atoms with van der Waals surface area (Å²) in [6.07, 6.45) is 5.16. The van der Waals surface area contributed by atoms with Gasteiger partial charge >= 0.3 is 5.97 Å². The van der Waals surface area contributed by atoms with E-state index in [-0.39, 0.29) is 11.9 Å². The van der Waals surface area contributed by atoms with Gasteiger partial charge in [0, 0.05) is 0 Å². The van der Waals surface area contributed by atoms with Gasteiger partial charge in [0.2, 0.25) is 0 Å². The predicted molar refractivity (Wildman–Crippen MR) is 104 cm³/mol. The van der Waals surface area contributed by atoms with Gasteiger partial charge in [-0.05, 0) is 47.1 Å². The number of hydrogen-bond donors (Lipinski definition) is 2. The molecule has 0 spiro atoms. The van der Waals surface area contributed by atoms with Crippen molar-refractivity contribution in [2.75, 3.05) is 7.11 Å². The van der Waals surface area contributed by atoms with Crippen molar-refractivity contribution in [1.29, 1.82) is 0 Å². The molecule has 2 aromatic rings. The van der Waals surface area contributed by atoms with Crippen LogP contribution in [0.25, 0.3) is 0 Å². The predicted octanol–water partition coefficient (Wildman–Crippen LogP) is 2.55. The summed E-state index contributed by atoms with van der Waals surface area (Å²) in [5.74, 6) is 10.3. The number of rotatable bonds is 8. The third-order valence-corrected chi connectivity index (χ3v) is 4.20. The third kappa shape index (κ3) is 5.73. The van der Waals surface area contributed by atoms with Crippen LogP contribution in [0.2, 0.25) is 0 Å². The molecule has 0 aliphatic rings. The first kappa shape index (κ1) is 19.2. The lowest BCUT2D eigenvalue weighted by atomic mass is 9.88. The highest BCUT2D eigenvalue weighted by Crippen LogP contribution is 2.26. The zero-order valence-electron chi connectivity index (χ0n) is 14.8. The fourth-order valence-electron chi connectivity index (χ4n) is 2.91. The van der Waals surface area contributed by atoms with Gasteiger partial charge in [0.1, 0.15) is 0 Å². The van der Waals surface area contributed by atoms with E-state index in [0.29, 0.717) is 6.42 Å². The molecule has 2 aromatic carbocycles. The van der Waals surface area contributed by atoms with Crippen LogP contribution >= 0.6 is 0 Å². The largest absolute Gasteiger partial charge is 0.469 e. The smallest absolute Gasteiger partial charge is 0.306 e. The lowest BCUT2D eigenvalue weighted by Gasteiger charge is -2.17. The molecule has 2 rings (SSSR count). The van der Waals surface area contributed by atoms with E-state index in [1.165, 1.54) is 7.11 Å². The maximum absolute atomic E-state index is 11.9. The highest BCUT2D eigenvalue weighted by atomic mass is 16.5. The van der Waals surface area contributed by atoms with Crippen molar-refractivity contribution >= 4 is 18.4 Å². The molecule has 26 heavy (non-hydrogen) atoms. The van der Waals surface area contributed by atoms with E-state index in [4.69, 9.17) is 16.4 Å². The number of nitrogens with zero attached hydrogens (tertiary/aromatic N) is 2. The Labute approximate surface area is 153 Å². The molecule has 136 valence electrons. The van der Waals surface area contributed by atoms with Crippen LogP contribution in [0.5, 0.6) is 0 Å². The molecule has 0 radical (unpaired) electrons. The maximum atomic E-state index is 11.9. The van der Waals surface area contributed by atoms with Gasteiger partial charge in [0.25, 0.3) is 0 Å². The summed E-state index contributed by atoms with van der Waals surface area (Å²) in [6.45, 7) is 0. The molecule has 0 heterocycles. The Hall–Kier alpha value is -3.15. The normalized spacial score (nSPS) is 12.5. The molecule has 0 aliphatic carbocycles. The summed E-state index contributed by atoms with van der Waals surface area (Å²) in [6, 6.07) is 15.9. The molecule has 0 saturated carbocycles. The molecule has 6 heteroatoms. The summed E-state index contributed by atoms with van der Waals surface area (Å²) in [7, 11) is 1.41. The Morgan fingerprint density at radius 3 is 2.38 bits per heavy atom. The van der Waals surface area contributed by atoms with E-state index in [2.05, 4.69) is 16.3 Å². The minimum Gasteiger partial charge on any atom is -0.469 e. The van der Waals surface area contributed by atoms with Gasteiger partial charge in [-0.3, -0.25) is 4.79 Å². The second-order valence-corrected chi connectivity index (χ2v) is 5.99. The number of hydrazone groups is 2. The molecule has 0 fully saturated rings.